The molecule has 0 bridgehead atoms. The SMILES string of the molecule is NC(=O)c1cc(C(F)(F)F)ccc1B(O)O. The third kappa shape index (κ3) is 2.53. The third-order valence-electron chi connectivity index (χ3n) is 1.92. The largest absolute Gasteiger partial charge is 0.489 e. The van der Waals surface area contributed by atoms with Crippen LogP contribution < -0.4 is 11.2 Å². The fourth-order valence-electron chi connectivity index (χ4n) is 1.17. The minimum absolute atomic E-state index is 0.361. The monoisotopic (exact) mass is 233 g/mol. The summed E-state index contributed by atoms with van der Waals surface area (Å²) in [4.78, 5) is 10.8. The van der Waals surface area contributed by atoms with Crippen LogP contribution in [0.3, 0.4) is 0 Å². The van der Waals surface area contributed by atoms with Crippen LogP contribution in [0.2, 0.25) is 0 Å². The van der Waals surface area contributed by atoms with Gasteiger partial charge < -0.3 is 15.8 Å². The maximum Gasteiger partial charge on any atom is 0.489 e. The summed E-state index contributed by atoms with van der Waals surface area (Å²) in [6.07, 6.45) is -4.62. The Morgan fingerprint density at radius 1 is 1.31 bits per heavy atom. The van der Waals surface area contributed by atoms with Crippen molar-refractivity contribution in [2.24, 2.45) is 5.73 Å². The van der Waals surface area contributed by atoms with E-state index >= 15 is 0 Å². The Morgan fingerprint density at radius 2 is 1.88 bits per heavy atom. The summed E-state index contributed by atoms with van der Waals surface area (Å²) in [5.74, 6) is -1.16. The van der Waals surface area contributed by atoms with E-state index < -0.39 is 30.3 Å². The zero-order chi connectivity index (χ0) is 12.5. The van der Waals surface area contributed by atoms with Crippen molar-refractivity contribution in [2.75, 3.05) is 0 Å². The van der Waals surface area contributed by atoms with E-state index in [0.717, 1.165) is 6.07 Å². The van der Waals surface area contributed by atoms with Gasteiger partial charge in [-0.1, -0.05) is 12.1 Å². The number of carbonyl (C=O) groups is 1. The highest BCUT2D eigenvalue weighted by Gasteiger charge is 2.32. The molecule has 0 spiro atoms. The molecule has 0 heterocycles. The van der Waals surface area contributed by atoms with Gasteiger partial charge in [0, 0.05) is 5.56 Å². The number of carbonyl (C=O) groups excluding carboxylic acids is 1. The van der Waals surface area contributed by atoms with Crippen LogP contribution in [0.4, 0.5) is 13.2 Å². The summed E-state index contributed by atoms with van der Waals surface area (Å²) >= 11 is 0. The van der Waals surface area contributed by atoms with Gasteiger partial charge in [-0.15, -0.1) is 0 Å². The molecular formula is C8H7BF3NO3. The van der Waals surface area contributed by atoms with Crippen molar-refractivity contribution in [3.05, 3.63) is 29.3 Å². The van der Waals surface area contributed by atoms with Gasteiger partial charge in [-0.2, -0.15) is 13.2 Å². The van der Waals surface area contributed by atoms with Gasteiger partial charge in [-0.3, -0.25) is 4.79 Å². The smallest absolute Gasteiger partial charge is 0.423 e. The first kappa shape index (κ1) is 12.5. The first-order chi connectivity index (χ1) is 7.23. The minimum atomic E-state index is -4.62. The van der Waals surface area contributed by atoms with Gasteiger partial charge in [0.2, 0.25) is 5.91 Å². The fourth-order valence-corrected chi connectivity index (χ4v) is 1.17. The number of hydrogen-bond acceptors (Lipinski definition) is 3. The average Bonchev–Trinajstić information content (AvgIpc) is 2.15. The number of hydrogen-bond donors (Lipinski definition) is 3. The van der Waals surface area contributed by atoms with Crippen LogP contribution in [0.25, 0.3) is 0 Å². The molecule has 0 saturated carbocycles. The number of benzene rings is 1. The molecule has 1 aromatic rings. The maximum absolute atomic E-state index is 12.3. The van der Waals surface area contributed by atoms with Crippen LogP contribution >= 0.6 is 0 Å². The molecule has 4 N–H and O–H groups in total. The average molecular weight is 233 g/mol. The Labute approximate surface area is 88.6 Å². The predicted molar refractivity (Wildman–Crippen MR) is 49.8 cm³/mol. The van der Waals surface area contributed by atoms with E-state index in [2.05, 4.69) is 0 Å². The lowest BCUT2D eigenvalue weighted by Crippen LogP contribution is -2.37. The van der Waals surface area contributed by atoms with Crippen LogP contribution in [0, 0.1) is 0 Å². The highest BCUT2D eigenvalue weighted by atomic mass is 19.4. The Bertz CT molecular complexity index is 419. The van der Waals surface area contributed by atoms with Gasteiger partial charge >= 0.3 is 13.3 Å². The van der Waals surface area contributed by atoms with Crippen molar-refractivity contribution in [2.45, 2.75) is 6.18 Å². The standard InChI is InChI=1S/C8H7BF3NO3/c10-8(11,12)4-1-2-6(9(15)16)5(3-4)7(13)14/h1-3,15-16H,(H2,13,14). The van der Waals surface area contributed by atoms with Crippen molar-refractivity contribution < 1.29 is 28.0 Å². The molecule has 0 aliphatic carbocycles. The zero-order valence-electron chi connectivity index (χ0n) is 7.82. The van der Waals surface area contributed by atoms with Crippen LogP contribution in [0.5, 0.6) is 0 Å². The van der Waals surface area contributed by atoms with Gasteiger partial charge in [-0.05, 0) is 11.5 Å². The Morgan fingerprint density at radius 3 is 2.25 bits per heavy atom. The van der Waals surface area contributed by atoms with E-state index in [4.69, 9.17) is 15.8 Å². The van der Waals surface area contributed by atoms with Gasteiger partial charge in [0.15, 0.2) is 0 Å². The van der Waals surface area contributed by atoms with Crippen LogP contribution in [0.15, 0.2) is 18.2 Å². The molecule has 0 saturated heterocycles. The lowest BCUT2D eigenvalue weighted by Gasteiger charge is -2.10. The molecule has 8 heteroatoms. The van der Waals surface area contributed by atoms with Gasteiger partial charge in [-0.25, -0.2) is 0 Å². The minimum Gasteiger partial charge on any atom is -0.423 e. The first-order valence-electron chi connectivity index (χ1n) is 4.10. The molecule has 4 nitrogen and oxygen atoms in total. The molecule has 0 aliphatic rings. The molecule has 0 fully saturated rings. The molecule has 1 rings (SSSR count). The molecule has 0 aliphatic heterocycles. The molecule has 16 heavy (non-hydrogen) atoms. The van der Waals surface area contributed by atoms with Crippen molar-refractivity contribution in [3.8, 4) is 0 Å². The summed E-state index contributed by atoms with van der Waals surface area (Å²) in [7, 11) is -2.05. The van der Waals surface area contributed by atoms with Gasteiger partial charge in [0.05, 0.1) is 5.56 Å². The number of primary amides is 1. The Kier molecular flexibility index (Phi) is 3.25. The maximum atomic E-state index is 12.3. The molecule has 1 aromatic carbocycles. The van der Waals surface area contributed by atoms with Crippen molar-refractivity contribution in [1.82, 2.24) is 0 Å². The topological polar surface area (TPSA) is 83.6 Å². The van der Waals surface area contributed by atoms with E-state index in [0.29, 0.717) is 12.1 Å². The number of amides is 1. The van der Waals surface area contributed by atoms with Crippen molar-refractivity contribution >= 4 is 18.5 Å². The zero-order valence-corrected chi connectivity index (χ0v) is 7.82. The number of halogens is 3. The summed E-state index contributed by atoms with van der Waals surface area (Å²) in [5, 5.41) is 17.6. The third-order valence-corrected chi connectivity index (χ3v) is 1.92. The summed E-state index contributed by atoms with van der Waals surface area (Å²) in [6, 6.07) is 1.92. The van der Waals surface area contributed by atoms with Crippen LogP contribution in [-0.2, 0) is 6.18 Å². The number of rotatable bonds is 2. The lowest BCUT2D eigenvalue weighted by atomic mass is 9.76. The molecule has 0 aromatic heterocycles. The second kappa shape index (κ2) is 4.15. The first-order valence-corrected chi connectivity index (χ1v) is 4.10. The second-order valence-corrected chi connectivity index (χ2v) is 3.04. The van der Waals surface area contributed by atoms with Crippen LogP contribution in [0.1, 0.15) is 15.9 Å². The second-order valence-electron chi connectivity index (χ2n) is 3.04. The van der Waals surface area contributed by atoms with Crippen molar-refractivity contribution in [1.29, 1.82) is 0 Å². The normalized spacial score (nSPS) is 11.3. The molecule has 1 amide bonds. The molecule has 86 valence electrons. The Balaban J connectivity index is 3.34. The summed E-state index contributed by atoms with van der Waals surface area (Å²) in [6.45, 7) is 0. The number of nitrogens with two attached hydrogens (primary N) is 1. The quantitative estimate of drug-likeness (QED) is 0.601. The molecule has 0 atom stereocenters. The molecular weight excluding hydrogens is 226 g/mol. The molecule has 0 unspecified atom stereocenters. The number of alkyl halides is 3. The van der Waals surface area contributed by atoms with Gasteiger partial charge in [0.25, 0.3) is 0 Å². The van der Waals surface area contributed by atoms with Crippen LogP contribution in [-0.4, -0.2) is 23.1 Å². The summed E-state index contributed by atoms with van der Waals surface area (Å²) < 4.78 is 36.9. The fraction of sp³-hybridized carbons (Fsp3) is 0.125. The molecule has 0 radical (unpaired) electrons. The Hall–Kier alpha value is -1.54. The highest BCUT2D eigenvalue weighted by Crippen LogP contribution is 2.29. The van der Waals surface area contributed by atoms with Crippen molar-refractivity contribution in [3.63, 3.8) is 0 Å². The highest BCUT2D eigenvalue weighted by molar-refractivity contribution is 6.60. The van der Waals surface area contributed by atoms with Gasteiger partial charge in [0.1, 0.15) is 0 Å². The predicted octanol–water partition coefficient (Wildman–Crippen LogP) is -0.516. The van der Waals surface area contributed by atoms with E-state index in [1.807, 2.05) is 0 Å². The lowest BCUT2D eigenvalue weighted by molar-refractivity contribution is -0.137. The van der Waals surface area contributed by atoms with E-state index in [-0.39, 0.29) is 5.46 Å². The summed E-state index contributed by atoms with van der Waals surface area (Å²) in [5.41, 5.74) is 2.83. The van der Waals surface area contributed by atoms with E-state index in [1.165, 1.54) is 0 Å². The van der Waals surface area contributed by atoms with E-state index in [1.54, 1.807) is 0 Å². The van der Waals surface area contributed by atoms with E-state index in [9.17, 15) is 18.0 Å².